The molecular weight excluding hydrogens is 291 g/mol. The van der Waals surface area contributed by atoms with Crippen molar-refractivity contribution in [1.29, 1.82) is 0 Å². The molecule has 1 N–H and O–H groups in total. The predicted molar refractivity (Wildman–Crippen MR) is 67.8 cm³/mol. The van der Waals surface area contributed by atoms with Crippen LogP contribution in [0.3, 0.4) is 0 Å². The highest BCUT2D eigenvalue weighted by Gasteiger charge is 2.40. The molecule has 4 heteroatoms. The third-order valence-electron chi connectivity index (χ3n) is 2.85. The lowest BCUT2D eigenvalue weighted by atomic mass is 10.0. The summed E-state index contributed by atoms with van der Waals surface area (Å²) in [6.45, 7) is 0.490. The number of ether oxygens (including phenoxy) is 1. The predicted octanol–water partition coefficient (Wildman–Crippen LogP) is 3.32. The number of halogens is 2. The molecule has 1 fully saturated rings. The van der Waals surface area contributed by atoms with E-state index >= 15 is 0 Å². The minimum Gasteiger partial charge on any atom is -0.390 e. The molecule has 0 aliphatic heterocycles. The maximum Gasteiger partial charge on any atom is 0.0738 e. The molecule has 1 aromatic rings. The molecule has 1 aliphatic rings. The second-order valence-electron chi connectivity index (χ2n) is 4.37. The molecule has 16 heavy (non-hydrogen) atoms. The van der Waals surface area contributed by atoms with Crippen LogP contribution in [0, 0.1) is 0 Å². The fourth-order valence-corrected chi connectivity index (χ4v) is 2.77. The van der Waals surface area contributed by atoms with Gasteiger partial charge in [-0.05, 0) is 30.5 Å². The van der Waals surface area contributed by atoms with Gasteiger partial charge < -0.3 is 9.84 Å². The van der Waals surface area contributed by atoms with Crippen LogP contribution in [0.25, 0.3) is 0 Å². The summed E-state index contributed by atoms with van der Waals surface area (Å²) in [6.07, 6.45) is 2.46. The number of hydrogen-bond acceptors (Lipinski definition) is 2. The molecule has 0 bridgehead atoms. The summed E-state index contributed by atoms with van der Waals surface area (Å²) in [5.74, 6) is 0. The molecule has 0 radical (unpaired) electrons. The largest absolute Gasteiger partial charge is 0.390 e. The van der Waals surface area contributed by atoms with Crippen molar-refractivity contribution >= 4 is 27.5 Å². The highest BCUT2D eigenvalue weighted by Crippen LogP contribution is 2.39. The van der Waals surface area contributed by atoms with Gasteiger partial charge in [-0.3, -0.25) is 0 Å². The summed E-state index contributed by atoms with van der Waals surface area (Å²) in [5.41, 5.74) is 1.54. The lowest BCUT2D eigenvalue weighted by molar-refractivity contribution is 0.151. The molecule has 2 nitrogen and oxygen atoms in total. The minimum absolute atomic E-state index is 0.481. The number of hydrogen-bond donors (Lipinski definition) is 1. The van der Waals surface area contributed by atoms with Crippen molar-refractivity contribution in [3.63, 3.8) is 0 Å². The van der Waals surface area contributed by atoms with E-state index in [2.05, 4.69) is 15.9 Å². The van der Waals surface area contributed by atoms with Crippen LogP contribution in [0.2, 0.25) is 5.02 Å². The van der Waals surface area contributed by atoms with Crippen LogP contribution in [0.4, 0.5) is 0 Å². The van der Waals surface area contributed by atoms with Crippen LogP contribution in [0.1, 0.15) is 24.0 Å². The molecule has 0 aromatic heterocycles. The smallest absolute Gasteiger partial charge is 0.0738 e. The Kier molecular flexibility index (Phi) is 3.59. The first kappa shape index (κ1) is 12.4. The van der Waals surface area contributed by atoms with E-state index in [0.29, 0.717) is 18.1 Å². The number of aliphatic hydroxyl groups is 1. The van der Waals surface area contributed by atoms with Crippen LogP contribution < -0.4 is 0 Å². The fraction of sp³-hybridized carbons (Fsp3) is 0.500. The quantitative estimate of drug-likeness (QED) is 0.925. The van der Waals surface area contributed by atoms with E-state index < -0.39 is 5.60 Å². The van der Waals surface area contributed by atoms with Gasteiger partial charge in [-0.25, -0.2) is 0 Å². The second kappa shape index (κ2) is 4.65. The monoisotopic (exact) mass is 304 g/mol. The van der Waals surface area contributed by atoms with Crippen molar-refractivity contribution in [3.05, 3.63) is 32.8 Å². The highest BCUT2D eigenvalue weighted by molar-refractivity contribution is 9.10. The Morgan fingerprint density at radius 3 is 2.69 bits per heavy atom. The maximum atomic E-state index is 9.85. The summed E-state index contributed by atoms with van der Waals surface area (Å²) in [6, 6.07) is 3.92. The van der Waals surface area contributed by atoms with Gasteiger partial charge in [-0.2, -0.15) is 0 Å². The van der Waals surface area contributed by atoms with Crippen molar-refractivity contribution in [2.75, 3.05) is 7.11 Å². The Morgan fingerprint density at radius 2 is 2.19 bits per heavy atom. The average Bonchev–Trinajstić information content (AvgIpc) is 2.90. The second-order valence-corrected chi connectivity index (χ2v) is 5.63. The molecule has 0 heterocycles. The van der Waals surface area contributed by atoms with Crippen molar-refractivity contribution < 1.29 is 9.84 Å². The van der Waals surface area contributed by atoms with Crippen LogP contribution >= 0.6 is 27.5 Å². The first-order chi connectivity index (χ1) is 7.54. The third kappa shape index (κ3) is 2.77. The van der Waals surface area contributed by atoms with E-state index in [4.69, 9.17) is 16.3 Å². The van der Waals surface area contributed by atoms with E-state index in [0.717, 1.165) is 28.4 Å². The van der Waals surface area contributed by atoms with E-state index in [1.54, 1.807) is 7.11 Å². The summed E-state index contributed by atoms with van der Waals surface area (Å²) < 4.78 is 6.02. The average molecular weight is 306 g/mol. The standard InChI is InChI=1S/C12H14BrClO2/c1-16-7-9-10(13)4-8(5-11(9)14)6-12(15)2-3-12/h4-5,15H,2-3,6-7H2,1H3. The van der Waals surface area contributed by atoms with Gasteiger partial charge in [0.1, 0.15) is 0 Å². The van der Waals surface area contributed by atoms with Gasteiger partial charge in [-0.15, -0.1) is 0 Å². The Morgan fingerprint density at radius 1 is 1.50 bits per heavy atom. The normalized spacial score (nSPS) is 17.5. The first-order valence-corrected chi connectivity index (χ1v) is 6.39. The number of benzene rings is 1. The summed E-state index contributed by atoms with van der Waals surface area (Å²) in [5, 5.41) is 10.5. The van der Waals surface area contributed by atoms with Gasteiger partial charge in [0, 0.05) is 28.6 Å². The van der Waals surface area contributed by atoms with E-state index in [1.807, 2.05) is 12.1 Å². The van der Waals surface area contributed by atoms with E-state index in [-0.39, 0.29) is 0 Å². The van der Waals surface area contributed by atoms with Crippen LogP contribution in [-0.2, 0) is 17.8 Å². The molecule has 1 aromatic carbocycles. The molecule has 88 valence electrons. The zero-order chi connectivity index (χ0) is 11.8. The lowest BCUT2D eigenvalue weighted by Crippen LogP contribution is -2.10. The van der Waals surface area contributed by atoms with Gasteiger partial charge in [0.15, 0.2) is 0 Å². The van der Waals surface area contributed by atoms with Gasteiger partial charge in [0.2, 0.25) is 0 Å². The molecule has 0 atom stereocenters. The summed E-state index contributed by atoms with van der Waals surface area (Å²) >= 11 is 9.65. The fourth-order valence-electron chi connectivity index (χ4n) is 1.74. The van der Waals surface area contributed by atoms with Crippen LogP contribution in [0.15, 0.2) is 16.6 Å². The maximum absolute atomic E-state index is 9.85. The summed E-state index contributed by atoms with van der Waals surface area (Å²) in [4.78, 5) is 0. The van der Waals surface area contributed by atoms with Gasteiger partial charge in [0.05, 0.1) is 12.2 Å². The first-order valence-electron chi connectivity index (χ1n) is 5.22. The zero-order valence-electron chi connectivity index (χ0n) is 9.09. The molecule has 1 aliphatic carbocycles. The zero-order valence-corrected chi connectivity index (χ0v) is 11.4. The Hall–Kier alpha value is -0.0900. The molecule has 0 saturated heterocycles. The molecular formula is C12H14BrClO2. The van der Waals surface area contributed by atoms with Gasteiger partial charge in [0.25, 0.3) is 0 Å². The van der Waals surface area contributed by atoms with Gasteiger partial charge >= 0.3 is 0 Å². The molecule has 2 rings (SSSR count). The van der Waals surface area contributed by atoms with Crippen molar-refractivity contribution in [2.45, 2.75) is 31.5 Å². The lowest BCUT2D eigenvalue weighted by Gasteiger charge is -2.12. The Balaban J connectivity index is 2.22. The topological polar surface area (TPSA) is 29.5 Å². The SMILES string of the molecule is COCc1c(Cl)cc(CC2(O)CC2)cc1Br. The van der Waals surface area contributed by atoms with E-state index in [1.165, 1.54) is 0 Å². The van der Waals surface area contributed by atoms with Crippen LogP contribution in [-0.4, -0.2) is 17.8 Å². The molecule has 0 unspecified atom stereocenters. The van der Waals surface area contributed by atoms with Crippen molar-refractivity contribution in [1.82, 2.24) is 0 Å². The minimum atomic E-state index is -0.481. The molecule has 0 amide bonds. The van der Waals surface area contributed by atoms with E-state index in [9.17, 15) is 5.11 Å². The molecule has 0 spiro atoms. The van der Waals surface area contributed by atoms with Gasteiger partial charge in [-0.1, -0.05) is 27.5 Å². The van der Waals surface area contributed by atoms with Crippen molar-refractivity contribution in [3.8, 4) is 0 Å². The Bertz CT molecular complexity index is 379. The van der Waals surface area contributed by atoms with Crippen molar-refractivity contribution in [2.24, 2.45) is 0 Å². The Labute approximate surface area is 109 Å². The number of methoxy groups -OCH3 is 1. The number of rotatable bonds is 4. The molecule has 1 saturated carbocycles. The summed E-state index contributed by atoms with van der Waals surface area (Å²) in [7, 11) is 1.64. The third-order valence-corrected chi connectivity index (χ3v) is 3.89. The van der Waals surface area contributed by atoms with Crippen LogP contribution in [0.5, 0.6) is 0 Å². The highest BCUT2D eigenvalue weighted by atomic mass is 79.9.